The van der Waals surface area contributed by atoms with Gasteiger partial charge in [0.1, 0.15) is 0 Å². The van der Waals surface area contributed by atoms with Crippen molar-refractivity contribution in [3.05, 3.63) is 30.3 Å². The number of sulfonamides is 1. The molecule has 2 fully saturated rings. The molecular formula is C19H28N2O4S. The van der Waals surface area contributed by atoms with E-state index in [2.05, 4.69) is 0 Å². The fraction of sp³-hybridized carbons (Fsp3) is 0.632. The molecule has 1 unspecified atom stereocenters. The Balaban J connectivity index is 1.52. The molecule has 0 spiro atoms. The summed E-state index contributed by atoms with van der Waals surface area (Å²) in [6.45, 7) is 2.50. The van der Waals surface area contributed by atoms with Gasteiger partial charge in [-0.1, -0.05) is 18.2 Å². The number of likely N-dealkylation sites (tertiary alicyclic amines) is 1. The molecule has 2 aliphatic rings. The SMILES string of the molecule is O=C(CC1CCN(S(=O)(=O)c2ccccc2)CC1)N1CCCC(CO)C1. The smallest absolute Gasteiger partial charge is 0.243 e. The minimum Gasteiger partial charge on any atom is -0.396 e. The van der Waals surface area contributed by atoms with Crippen LogP contribution in [-0.4, -0.2) is 61.4 Å². The predicted octanol–water partition coefficient (Wildman–Crippen LogP) is 1.71. The first-order valence-electron chi connectivity index (χ1n) is 9.44. The molecule has 1 aromatic carbocycles. The molecule has 2 saturated heterocycles. The van der Waals surface area contributed by atoms with Crippen LogP contribution in [0.15, 0.2) is 35.2 Å². The molecule has 1 N–H and O–H groups in total. The second-order valence-electron chi connectivity index (χ2n) is 7.40. The summed E-state index contributed by atoms with van der Waals surface area (Å²) < 4.78 is 26.9. The third kappa shape index (κ3) is 4.45. The van der Waals surface area contributed by atoms with Gasteiger partial charge < -0.3 is 10.0 Å². The molecule has 3 rings (SSSR count). The van der Waals surface area contributed by atoms with Gasteiger partial charge in [-0.25, -0.2) is 8.42 Å². The summed E-state index contributed by atoms with van der Waals surface area (Å²) in [6, 6.07) is 8.52. The number of nitrogens with zero attached hydrogens (tertiary/aromatic N) is 2. The minimum atomic E-state index is -3.43. The zero-order valence-corrected chi connectivity index (χ0v) is 15.9. The summed E-state index contributed by atoms with van der Waals surface area (Å²) in [5, 5.41) is 9.31. The van der Waals surface area contributed by atoms with Crippen LogP contribution in [0.4, 0.5) is 0 Å². The summed E-state index contributed by atoms with van der Waals surface area (Å²) in [4.78, 5) is 14.7. The van der Waals surface area contributed by atoms with Crippen LogP contribution in [0.3, 0.4) is 0 Å². The lowest BCUT2D eigenvalue weighted by Gasteiger charge is -2.35. The van der Waals surface area contributed by atoms with Gasteiger partial charge in [0.15, 0.2) is 0 Å². The molecule has 2 aliphatic heterocycles. The van der Waals surface area contributed by atoms with Gasteiger partial charge in [0, 0.05) is 39.2 Å². The van der Waals surface area contributed by atoms with Crippen molar-refractivity contribution >= 4 is 15.9 Å². The van der Waals surface area contributed by atoms with Crippen molar-refractivity contribution in [3.63, 3.8) is 0 Å². The van der Waals surface area contributed by atoms with Crippen molar-refractivity contribution in [2.45, 2.75) is 37.0 Å². The van der Waals surface area contributed by atoms with Gasteiger partial charge >= 0.3 is 0 Å². The second-order valence-corrected chi connectivity index (χ2v) is 9.33. The van der Waals surface area contributed by atoms with E-state index in [1.807, 2.05) is 4.90 Å². The quantitative estimate of drug-likeness (QED) is 0.844. The van der Waals surface area contributed by atoms with Gasteiger partial charge in [0.2, 0.25) is 15.9 Å². The average Bonchev–Trinajstić information content (AvgIpc) is 2.69. The van der Waals surface area contributed by atoms with Crippen LogP contribution in [0.2, 0.25) is 0 Å². The van der Waals surface area contributed by atoms with Crippen molar-refractivity contribution in [1.82, 2.24) is 9.21 Å². The molecule has 6 nitrogen and oxygen atoms in total. The van der Waals surface area contributed by atoms with Gasteiger partial charge in [-0.2, -0.15) is 4.31 Å². The number of benzene rings is 1. The van der Waals surface area contributed by atoms with E-state index in [-0.39, 0.29) is 24.3 Å². The number of piperidine rings is 2. The molecule has 0 saturated carbocycles. The molecule has 2 heterocycles. The lowest BCUT2D eigenvalue weighted by molar-refractivity contribution is -0.134. The molecule has 1 atom stereocenters. The van der Waals surface area contributed by atoms with Crippen molar-refractivity contribution in [2.75, 3.05) is 32.8 Å². The Kier molecular flexibility index (Phi) is 6.32. The first-order chi connectivity index (χ1) is 12.5. The van der Waals surface area contributed by atoms with Crippen LogP contribution in [-0.2, 0) is 14.8 Å². The van der Waals surface area contributed by atoms with Gasteiger partial charge in [0.25, 0.3) is 0 Å². The van der Waals surface area contributed by atoms with Crippen LogP contribution < -0.4 is 0 Å². The number of hydrogen-bond donors (Lipinski definition) is 1. The van der Waals surface area contributed by atoms with Gasteiger partial charge in [0.05, 0.1) is 4.90 Å². The number of carbonyl (C=O) groups excluding carboxylic acids is 1. The molecule has 0 aromatic heterocycles. The zero-order valence-electron chi connectivity index (χ0n) is 15.1. The Bertz CT molecular complexity index is 700. The molecule has 1 aromatic rings. The molecule has 1 amide bonds. The monoisotopic (exact) mass is 380 g/mol. The Morgan fingerprint density at radius 1 is 1.04 bits per heavy atom. The number of aliphatic hydroxyl groups is 1. The van der Waals surface area contributed by atoms with Gasteiger partial charge in [-0.3, -0.25) is 4.79 Å². The number of amides is 1. The predicted molar refractivity (Wildman–Crippen MR) is 98.9 cm³/mol. The molecule has 0 bridgehead atoms. The van der Waals surface area contributed by atoms with E-state index in [9.17, 15) is 18.3 Å². The highest BCUT2D eigenvalue weighted by Crippen LogP contribution is 2.27. The Labute approximate surface area is 155 Å². The maximum atomic E-state index is 12.7. The van der Waals surface area contributed by atoms with Crippen LogP contribution in [0, 0.1) is 11.8 Å². The van der Waals surface area contributed by atoms with Crippen molar-refractivity contribution < 1.29 is 18.3 Å². The van der Waals surface area contributed by atoms with Crippen LogP contribution in [0.1, 0.15) is 32.1 Å². The third-order valence-corrected chi connectivity index (χ3v) is 7.46. The first kappa shape index (κ1) is 19.3. The van der Waals surface area contributed by atoms with Crippen molar-refractivity contribution in [1.29, 1.82) is 0 Å². The third-order valence-electron chi connectivity index (χ3n) is 5.55. The highest BCUT2D eigenvalue weighted by atomic mass is 32.2. The standard InChI is InChI=1S/C19H28N2O4S/c22-15-17-5-4-10-20(14-17)19(23)13-16-8-11-21(12-9-16)26(24,25)18-6-2-1-3-7-18/h1-3,6-7,16-17,22H,4-5,8-15H2. The lowest BCUT2D eigenvalue weighted by atomic mass is 9.92. The average molecular weight is 381 g/mol. The van der Waals surface area contributed by atoms with Crippen molar-refractivity contribution in [3.8, 4) is 0 Å². The van der Waals surface area contributed by atoms with E-state index >= 15 is 0 Å². The molecule has 26 heavy (non-hydrogen) atoms. The normalized spacial score (nSPS) is 23.1. The van der Waals surface area contributed by atoms with E-state index in [1.54, 1.807) is 30.3 Å². The molecule has 0 aliphatic carbocycles. The van der Waals surface area contributed by atoms with E-state index in [4.69, 9.17) is 0 Å². The Morgan fingerprint density at radius 3 is 2.38 bits per heavy atom. The Hall–Kier alpha value is -1.44. The summed E-state index contributed by atoms with van der Waals surface area (Å²) in [5.41, 5.74) is 0. The van der Waals surface area contributed by atoms with E-state index in [0.29, 0.717) is 31.0 Å². The first-order valence-corrected chi connectivity index (χ1v) is 10.9. The molecule has 144 valence electrons. The maximum Gasteiger partial charge on any atom is 0.243 e. The topological polar surface area (TPSA) is 77.9 Å². The zero-order chi connectivity index (χ0) is 18.6. The molecular weight excluding hydrogens is 352 g/mol. The lowest BCUT2D eigenvalue weighted by Crippen LogP contribution is -2.43. The largest absolute Gasteiger partial charge is 0.396 e. The van der Waals surface area contributed by atoms with Gasteiger partial charge in [-0.05, 0) is 49.7 Å². The second kappa shape index (κ2) is 8.50. The van der Waals surface area contributed by atoms with E-state index < -0.39 is 10.0 Å². The van der Waals surface area contributed by atoms with Crippen LogP contribution in [0.5, 0.6) is 0 Å². The fourth-order valence-electron chi connectivity index (χ4n) is 3.91. The summed E-state index contributed by atoms with van der Waals surface area (Å²) >= 11 is 0. The highest BCUT2D eigenvalue weighted by molar-refractivity contribution is 7.89. The highest BCUT2D eigenvalue weighted by Gasteiger charge is 2.31. The van der Waals surface area contributed by atoms with E-state index in [1.165, 1.54) is 4.31 Å². The molecule has 7 heteroatoms. The van der Waals surface area contributed by atoms with E-state index in [0.717, 1.165) is 32.2 Å². The number of aliphatic hydroxyl groups excluding tert-OH is 1. The number of rotatable bonds is 5. The summed E-state index contributed by atoms with van der Waals surface area (Å²) in [6.07, 6.45) is 3.85. The summed E-state index contributed by atoms with van der Waals surface area (Å²) in [5.74, 6) is 0.581. The van der Waals surface area contributed by atoms with Crippen LogP contribution >= 0.6 is 0 Å². The molecule has 0 radical (unpaired) electrons. The maximum absolute atomic E-state index is 12.7. The van der Waals surface area contributed by atoms with Crippen molar-refractivity contribution in [2.24, 2.45) is 11.8 Å². The minimum absolute atomic E-state index is 0.138. The number of carbonyl (C=O) groups is 1. The number of hydrogen-bond acceptors (Lipinski definition) is 4. The van der Waals surface area contributed by atoms with Crippen LogP contribution in [0.25, 0.3) is 0 Å². The summed E-state index contributed by atoms with van der Waals surface area (Å²) in [7, 11) is -3.43. The Morgan fingerprint density at radius 2 is 1.73 bits per heavy atom. The fourth-order valence-corrected chi connectivity index (χ4v) is 5.40. The van der Waals surface area contributed by atoms with Gasteiger partial charge in [-0.15, -0.1) is 0 Å².